The van der Waals surface area contributed by atoms with Gasteiger partial charge in [-0.1, -0.05) is 31.4 Å². The molecule has 0 radical (unpaired) electrons. The van der Waals surface area contributed by atoms with Gasteiger partial charge in [0.05, 0.1) is 19.9 Å². The number of nitrogens with zero attached hydrogens (tertiary/aromatic N) is 5. The number of rotatable bonds is 10. The van der Waals surface area contributed by atoms with E-state index in [1.54, 1.807) is 43.5 Å². The smallest absolute Gasteiger partial charge is 0.247 e. The van der Waals surface area contributed by atoms with Crippen LogP contribution in [-0.2, 0) is 22.7 Å². The van der Waals surface area contributed by atoms with Gasteiger partial charge in [0.1, 0.15) is 29.9 Å². The fourth-order valence-corrected chi connectivity index (χ4v) is 4.92. The molecule has 0 bridgehead atoms. The van der Waals surface area contributed by atoms with Gasteiger partial charge >= 0.3 is 0 Å². The number of hydrogen-bond acceptors (Lipinski definition) is 7. The average Bonchev–Trinajstić information content (AvgIpc) is 3.67. The van der Waals surface area contributed by atoms with Crippen LogP contribution in [0.25, 0.3) is 11.4 Å². The number of methoxy groups -OCH3 is 1. The molecule has 1 N–H and O–H groups in total. The molecule has 2 heterocycles. The summed E-state index contributed by atoms with van der Waals surface area (Å²) in [5.41, 5.74) is 1.20. The molecule has 4 aromatic rings. The summed E-state index contributed by atoms with van der Waals surface area (Å²) < 4.78 is 24.6. The molecule has 1 aliphatic rings. The molecule has 10 nitrogen and oxygen atoms in total. The predicted octanol–water partition coefficient (Wildman–Crippen LogP) is 4.30. The Morgan fingerprint density at radius 1 is 1.10 bits per heavy atom. The van der Waals surface area contributed by atoms with Crippen molar-refractivity contribution in [2.24, 2.45) is 0 Å². The van der Waals surface area contributed by atoms with Crippen LogP contribution < -0.4 is 10.1 Å². The maximum absolute atomic E-state index is 13.8. The van der Waals surface area contributed by atoms with Crippen molar-refractivity contribution in [3.8, 4) is 17.1 Å². The van der Waals surface area contributed by atoms with E-state index in [0.717, 1.165) is 32.1 Å². The van der Waals surface area contributed by atoms with E-state index < -0.39 is 17.8 Å². The average molecular weight is 547 g/mol. The molecule has 0 spiro atoms. The van der Waals surface area contributed by atoms with Gasteiger partial charge < -0.3 is 19.4 Å². The third-order valence-electron chi connectivity index (χ3n) is 7.00. The van der Waals surface area contributed by atoms with Crippen molar-refractivity contribution in [3.05, 3.63) is 84.1 Å². The van der Waals surface area contributed by atoms with Crippen LogP contribution in [-0.4, -0.2) is 50.1 Å². The Morgan fingerprint density at radius 2 is 1.85 bits per heavy atom. The minimum atomic E-state index is -1.02. The quantitative estimate of drug-likeness (QED) is 0.315. The summed E-state index contributed by atoms with van der Waals surface area (Å²) in [5.74, 6) is 0.344. The molecular weight excluding hydrogens is 515 g/mol. The number of nitrogens with one attached hydrogen (secondary N) is 1. The maximum atomic E-state index is 13.8. The number of furan rings is 1. The highest BCUT2D eigenvalue weighted by molar-refractivity contribution is 5.88. The number of carbonyl (C=O) groups is 2. The first-order valence-electron chi connectivity index (χ1n) is 13.3. The first kappa shape index (κ1) is 27.0. The third kappa shape index (κ3) is 6.53. The predicted molar refractivity (Wildman–Crippen MR) is 143 cm³/mol. The zero-order valence-electron chi connectivity index (χ0n) is 22.2. The second kappa shape index (κ2) is 12.5. The Bertz CT molecular complexity index is 1400. The van der Waals surface area contributed by atoms with Gasteiger partial charge in [-0.2, -0.15) is 4.80 Å². The van der Waals surface area contributed by atoms with Crippen molar-refractivity contribution < 1.29 is 23.1 Å². The zero-order chi connectivity index (χ0) is 27.9. The van der Waals surface area contributed by atoms with Crippen molar-refractivity contribution >= 4 is 11.8 Å². The van der Waals surface area contributed by atoms with E-state index in [-0.39, 0.29) is 25.0 Å². The second-order valence-corrected chi connectivity index (χ2v) is 9.77. The molecule has 11 heteroatoms. The van der Waals surface area contributed by atoms with Crippen LogP contribution in [0.5, 0.6) is 5.75 Å². The highest BCUT2D eigenvalue weighted by Crippen LogP contribution is 2.27. The molecule has 2 amide bonds. The number of ether oxygens (including phenoxy) is 1. The number of halogens is 1. The lowest BCUT2D eigenvalue weighted by Crippen LogP contribution is -2.47. The van der Waals surface area contributed by atoms with E-state index >= 15 is 0 Å². The van der Waals surface area contributed by atoms with Gasteiger partial charge in [0, 0.05) is 11.6 Å². The molecule has 2 aromatic heterocycles. The Kier molecular flexibility index (Phi) is 8.48. The van der Waals surface area contributed by atoms with Crippen LogP contribution in [0.3, 0.4) is 0 Å². The van der Waals surface area contributed by atoms with E-state index in [4.69, 9.17) is 9.15 Å². The highest BCUT2D eigenvalue weighted by Gasteiger charge is 2.34. The van der Waals surface area contributed by atoms with E-state index in [1.807, 2.05) is 0 Å². The topological polar surface area (TPSA) is 115 Å². The van der Waals surface area contributed by atoms with E-state index in [1.165, 1.54) is 40.2 Å². The van der Waals surface area contributed by atoms with Crippen molar-refractivity contribution in [1.82, 2.24) is 30.4 Å². The summed E-state index contributed by atoms with van der Waals surface area (Å²) in [5, 5.41) is 15.6. The number of hydrogen-bond donors (Lipinski definition) is 1. The lowest BCUT2D eigenvalue weighted by molar-refractivity contribution is -0.143. The molecule has 5 rings (SSSR count). The number of tetrazole rings is 1. The van der Waals surface area contributed by atoms with Gasteiger partial charge in [0.15, 0.2) is 0 Å². The van der Waals surface area contributed by atoms with Gasteiger partial charge in [0.2, 0.25) is 17.6 Å². The largest absolute Gasteiger partial charge is 0.497 e. The summed E-state index contributed by atoms with van der Waals surface area (Å²) >= 11 is 0. The Labute approximate surface area is 231 Å². The minimum Gasteiger partial charge on any atom is -0.497 e. The molecule has 1 saturated carbocycles. The van der Waals surface area contributed by atoms with E-state index in [0.29, 0.717) is 28.5 Å². The molecular formula is C29H31FN6O4. The number of benzene rings is 2. The normalized spacial score (nSPS) is 14.4. The zero-order valence-corrected chi connectivity index (χ0v) is 22.2. The van der Waals surface area contributed by atoms with Gasteiger partial charge in [-0.15, -0.1) is 10.2 Å². The van der Waals surface area contributed by atoms with Crippen LogP contribution in [0.15, 0.2) is 71.3 Å². The summed E-state index contributed by atoms with van der Waals surface area (Å²) in [6.45, 7) is -0.246. The summed E-state index contributed by atoms with van der Waals surface area (Å²) in [7, 11) is 1.58. The monoisotopic (exact) mass is 546 g/mol. The first-order chi connectivity index (χ1) is 19.5. The van der Waals surface area contributed by atoms with E-state index in [9.17, 15) is 14.0 Å². The van der Waals surface area contributed by atoms with Gasteiger partial charge in [-0.05, 0) is 72.1 Å². The molecule has 208 valence electrons. The number of amides is 2. The molecule has 0 saturated heterocycles. The molecule has 0 unspecified atom stereocenters. The van der Waals surface area contributed by atoms with Crippen LogP contribution in [0.1, 0.15) is 49.5 Å². The van der Waals surface area contributed by atoms with Gasteiger partial charge in [-0.25, -0.2) is 4.39 Å². The molecule has 1 atom stereocenters. The Hall–Kier alpha value is -4.54. The first-order valence-corrected chi connectivity index (χ1v) is 13.3. The van der Waals surface area contributed by atoms with Crippen LogP contribution in [0.2, 0.25) is 0 Å². The number of carbonyl (C=O) groups excluding carboxylic acids is 2. The fraction of sp³-hybridized carbons (Fsp3) is 0.345. The maximum Gasteiger partial charge on any atom is 0.247 e. The Morgan fingerprint density at radius 3 is 2.52 bits per heavy atom. The van der Waals surface area contributed by atoms with Crippen LogP contribution in [0, 0.1) is 5.82 Å². The summed E-state index contributed by atoms with van der Waals surface area (Å²) in [6, 6.07) is 15.2. The molecule has 0 aliphatic heterocycles. The SMILES string of the molecule is COc1ccc(-c2nnn(CC(=O)N(Cc3ccco3)[C@H](C(=O)NC3CCCCC3)c3ccc(F)cc3)n2)cc1. The van der Waals surface area contributed by atoms with Crippen molar-refractivity contribution in [2.75, 3.05) is 7.11 Å². The molecule has 1 aliphatic carbocycles. The Balaban J connectivity index is 1.42. The second-order valence-electron chi connectivity index (χ2n) is 9.77. The van der Waals surface area contributed by atoms with Gasteiger partial charge in [-0.3, -0.25) is 9.59 Å². The van der Waals surface area contributed by atoms with Crippen molar-refractivity contribution in [3.63, 3.8) is 0 Å². The van der Waals surface area contributed by atoms with Crippen LogP contribution >= 0.6 is 0 Å². The molecule has 1 fully saturated rings. The molecule has 40 heavy (non-hydrogen) atoms. The van der Waals surface area contributed by atoms with Gasteiger partial charge in [0.25, 0.3) is 0 Å². The molecule has 2 aromatic carbocycles. The summed E-state index contributed by atoms with van der Waals surface area (Å²) in [4.78, 5) is 30.2. The minimum absolute atomic E-state index is 0.0198. The number of aromatic nitrogens is 4. The fourth-order valence-electron chi connectivity index (χ4n) is 4.92. The van der Waals surface area contributed by atoms with Crippen molar-refractivity contribution in [1.29, 1.82) is 0 Å². The third-order valence-corrected chi connectivity index (χ3v) is 7.00. The lowest BCUT2D eigenvalue weighted by Gasteiger charge is -2.33. The standard InChI is InChI=1S/C29H31FN6O4/c1-39-24-15-11-21(12-16-24)28-32-34-36(33-28)19-26(37)35(18-25-8-5-17-40-25)27(20-9-13-22(30)14-10-20)29(38)31-23-6-3-2-4-7-23/h5,8-17,23,27H,2-4,6-7,18-19H2,1H3,(H,31,38)/t27-/m0/s1. The van der Waals surface area contributed by atoms with Crippen LogP contribution in [0.4, 0.5) is 4.39 Å². The lowest BCUT2D eigenvalue weighted by atomic mass is 9.94. The summed E-state index contributed by atoms with van der Waals surface area (Å²) in [6.07, 6.45) is 6.48. The van der Waals surface area contributed by atoms with E-state index in [2.05, 4.69) is 20.7 Å². The highest BCUT2D eigenvalue weighted by atomic mass is 19.1. The van der Waals surface area contributed by atoms with Crippen molar-refractivity contribution in [2.45, 2.75) is 57.3 Å².